The summed E-state index contributed by atoms with van der Waals surface area (Å²) in [5.74, 6) is -0.0563. The smallest absolute Gasteiger partial charge is 0.186 e. The van der Waals surface area contributed by atoms with Crippen LogP contribution in [-0.2, 0) is 9.59 Å². The Labute approximate surface area is 70.3 Å². The molecule has 2 aliphatic rings. The molecule has 0 aromatic rings. The Morgan fingerprint density at radius 1 is 1.17 bits per heavy atom. The van der Waals surface area contributed by atoms with E-state index >= 15 is 0 Å². The molecule has 0 N–H and O–H groups in total. The Morgan fingerprint density at radius 2 is 1.83 bits per heavy atom. The first-order valence-corrected chi connectivity index (χ1v) is 3.85. The summed E-state index contributed by atoms with van der Waals surface area (Å²) in [4.78, 5) is 22.5. The molecule has 0 heterocycles. The minimum Gasteiger partial charge on any atom is -0.290 e. The lowest BCUT2D eigenvalue weighted by Gasteiger charge is -2.04. The SMILES string of the molecule is CC1=CC2=C(C1)C(=O)C=CC2=O. The molecule has 0 saturated carbocycles. The average molecular weight is 160 g/mol. The van der Waals surface area contributed by atoms with Gasteiger partial charge in [0.2, 0.25) is 0 Å². The topological polar surface area (TPSA) is 34.1 Å². The van der Waals surface area contributed by atoms with Gasteiger partial charge >= 0.3 is 0 Å². The van der Waals surface area contributed by atoms with Crippen LogP contribution in [0.4, 0.5) is 0 Å². The van der Waals surface area contributed by atoms with Crippen LogP contribution in [0.5, 0.6) is 0 Å². The Kier molecular flexibility index (Phi) is 1.37. The van der Waals surface area contributed by atoms with E-state index in [1.807, 2.05) is 6.92 Å². The molecule has 0 saturated heterocycles. The van der Waals surface area contributed by atoms with Crippen LogP contribution >= 0.6 is 0 Å². The van der Waals surface area contributed by atoms with Gasteiger partial charge in [-0.3, -0.25) is 9.59 Å². The molecule has 2 rings (SSSR count). The Hall–Kier alpha value is -1.44. The maximum absolute atomic E-state index is 11.2. The number of carbonyl (C=O) groups is 2. The molecule has 0 aliphatic heterocycles. The van der Waals surface area contributed by atoms with E-state index in [9.17, 15) is 9.59 Å². The third-order valence-corrected chi connectivity index (χ3v) is 2.12. The second kappa shape index (κ2) is 2.27. The molecule has 2 heteroatoms. The van der Waals surface area contributed by atoms with Crippen molar-refractivity contribution in [3.8, 4) is 0 Å². The van der Waals surface area contributed by atoms with Crippen LogP contribution < -0.4 is 0 Å². The van der Waals surface area contributed by atoms with Crippen LogP contribution in [0.25, 0.3) is 0 Å². The average Bonchev–Trinajstić information content (AvgIpc) is 2.41. The summed E-state index contributed by atoms with van der Waals surface area (Å²) in [7, 11) is 0. The van der Waals surface area contributed by atoms with Gasteiger partial charge in [-0.1, -0.05) is 11.6 Å². The minimum atomic E-state index is -0.0403. The fourth-order valence-electron chi connectivity index (χ4n) is 1.54. The number of carbonyl (C=O) groups excluding carboxylic acids is 2. The van der Waals surface area contributed by atoms with E-state index in [0.717, 1.165) is 5.57 Å². The first kappa shape index (κ1) is 7.22. The van der Waals surface area contributed by atoms with E-state index < -0.39 is 0 Å². The predicted octanol–water partition coefficient (Wildman–Crippen LogP) is 1.34. The molecule has 0 amide bonds. The molecule has 0 atom stereocenters. The van der Waals surface area contributed by atoms with Crippen LogP contribution in [0.1, 0.15) is 13.3 Å². The molecule has 0 fully saturated rings. The van der Waals surface area contributed by atoms with Crippen molar-refractivity contribution in [1.82, 2.24) is 0 Å². The van der Waals surface area contributed by atoms with Gasteiger partial charge in [-0.25, -0.2) is 0 Å². The van der Waals surface area contributed by atoms with E-state index in [1.54, 1.807) is 6.08 Å². The monoisotopic (exact) mass is 160 g/mol. The first-order chi connectivity index (χ1) is 5.68. The fourth-order valence-corrected chi connectivity index (χ4v) is 1.54. The maximum Gasteiger partial charge on any atom is 0.186 e. The molecule has 0 aromatic heterocycles. The summed E-state index contributed by atoms with van der Waals surface area (Å²) in [6, 6.07) is 0. The molecular weight excluding hydrogens is 152 g/mol. The van der Waals surface area contributed by atoms with Crippen LogP contribution in [0.3, 0.4) is 0 Å². The van der Waals surface area contributed by atoms with E-state index in [0.29, 0.717) is 17.6 Å². The molecule has 60 valence electrons. The second-order valence-electron chi connectivity index (χ2n) is 3.12. The highest BCUT2D eigenvalue weighted by Gasteiger charge is 2.24. The zero-order chi connectivity index (χ0) is 8.72. The molecule has 0 bridgehead atoms. The minimum absolute atomic E-state index is 0.0160. The van der Waals surface area contributed by atoms with E-state index in [1.165, 1.54) is 12.2 Å². The van der Waals surface area contributed by atoms with Gasteiger partial charge in [0.05, 0.1) is 0 Å². The normalized spacial score (nSPS) is 21.6. The largest absolute Gasteiger partial charge is 0.290 e. The molecule has 0 radical (unpaired) electrons. The number of rotatable bonds is 0. The summed E-state index contributed by atoms with van der Waals surface area (Å²) < 4.78 is 0. The summed E-state index contributed by atoms with van der Waals surface area (Å²) in [6.07, 6.45) is 5.15. The Balaban J connectivity index is 2.49. The summed E-state index contributed by atoms with van der Waals surface area (Å²) in [5, 5.41) is 0. The zero-order valence-corrected chi connectivity index (χ0v) is 6.76. The quantitative estimate of drug-likeness (QED) is 0.501. The summed E-state index contributed by atoms with van der Waals surface area (Å²) >= 11 is 0. The van der Waals surface area contributed by atoms with Gasteiger partial charge in [0.15, 0.2) is 11.6 Å². The van der Waals surface area contributed by atoms with Crippen molar-refractivity contribution in [2.24, 2.45) is 0 Å². The predicted molar refractivity (Wildman–Crippen MR) is 44.6 cm³/mol. The van der Waals surface area contributed by atoms with E-state index in [4.69, 9.17) is 0 Å². The maximum atomic E-state index is 11.2. The van der Waals surface area contributed by atoms with E-state index in [2.05, 4.69) is 0 Å². The lowest BCUT2D eigenvalue weighted by atomic mass is 9.97. The molecule has 0 spiro atoms. The van der Waals surface area contributed by atoms with Gasteiger partial charge in [-0.2, -0.15) is 0 Å². The van der Waals surface area contributed by atoms with Crippen LogP contribution in [0, 0.1) is 0 Å². The number of hydrogen-bond donors (Lipinski definition) is 0. The number of hydrogen-bond acceptors (Lipinski definition) is 2. The second-order valence-corrected chi connectivity index (χ2v) is 3.12. The third kappa shape index (κ3) is 0.881. The highest BCUT2D eigenvalue weighted by atomic mass is 16.1. The molecule has 12 heavy (non-hydrogen) atoms. The number of ketones is 2. The van der Waals surface area contributed by atoms with Gasteiger partial charge in [-0.15, -0.1) is 0 Å². The Bertz CT molecular complexity index is 367. The third-order valence-electron chi connectivity index (χ3n) is 2.12. The highest BCUT2D eigenvalue weighted by molar-refractivity contribution is 6.22. The fraction of sp³-hybridized carbons (Fsp3) is 0.200. The van der Waals surface area contributed by atoms with Crippen LogP contribution in [0.15, 0.2) is 34.9 Å². The Morgan fingerprint density at radius 3 is 2.50 bits per heavy atom. The summed E-state index contributed by atoms with van der Waals surface area (Å²) in [5.41, 5.74) is 2.35. The molecule has 0 aromatic carbocycles. The van der Waals surface area contributed by atoms with Crippen LogP contribution in [-0.4, -0.2) is 11.6 Å². The van der Waals surface area contributed by atoms with Gasteiger partial charge < -0.3 is 0 Å². The van der Waals surface area contributed by atoms with Crippen molar-refractivity contribution in [1.29, 1.82) is 0 Å². The van der Waals surface area contributed by atoms with Crippen molar-refractivity contribution in [2.75, 3.05) is 0 Å². The van der Waals surface area contributed by atoms with Gasteiger partial charge in [0.1, 0.15) is 0 Å². The van der Waals surface area contributed by atoms with Crippen molar-refractivity contribution in [2.45, 2.75) is 13.3 Å². The lowest BCUT2D eigenvalue weighted by Crippen LogP contribution is -2.10. The highest BCUT2D eigenvalue weighted by Crippen LogP contribution is 2.29. The molecule has 2 nitrogen and oxygen atoms in total. The van der Waals surface area contributed by atoms with Crippen molar-refractivity contribution in [3.05, 3.63) is 34.9 Å². The zero-order valence-electron chi connectivity index (χ0n) is 6.76. The first-order valence-electron chi connectivity index (χ1n) is 3.85. The number of allylic oxidation sites excluding steroid dienone is 6. The molecular formula is C10H8O2. The van der Waals surface area contributed by atoms with Gasteiger partial charge in [0, 0.05) is 11.1 Å². The lowest BCUT2D eigenvalue weighted by molar-refractivity contribution is -0.115. The van der Waals surface area contributed by atoms with Crippen molar-refractivity contribution < 1.29 is 9.59 Å². The van der Waals surface area contributed by atoms with Gasteiger partial charge in [0.25, 0.3) is 0 Å². The molecule has 2 aliphatic carbocycles. The van der Waals surface area contributed by atoms with Crippen molar-refractivity contribution >= 4 is 11.6 Å². The van der Waals surface area contributed by atoms with Gasteiger partial charge in [-0.05, 0) is 25.5 Å². The molecule has 0 unspecified atom stereocenters. The van der Waals surface area contributed by atoms with Crippen LogP contribution in [0.2, 0.25) is 0 Å². The van der Waals surface area contributed by atoms with E-state index in [-0.39, 0.29) is 11.6 Å². The standard InChI is InChI=1S/C10H8O2/c1-6-4-7-8(5-6)10(12)3-2-9(7)11/h2-4H,5H2,1H3. The summed E-state index contributed by atoms with van der Waals surface area (Å²) in [6.45, 7) is 1.93. The van der Waals surface area contributed by atoms with Crippen molar-refractivity contribution in [3.63, 3.8) is 0 Å².